The van der Waals surface area contributed by atoms with Gasteiger partial charge in [0.2, 0.25) is 0 Å². The summed E-state index contributed by atoms with van der Waals surface area (Å²) in [5, 5.41) is 4.65. The third-order valence-electron chi connectivity index (χ3n) is 5.07. The van der Waals surface area contributed by atoms with Crippen molar-refractivity contribution >= 4 is 28.3 Å². The SMILES string of the molecule is COc1cc2[nH]c(=O)c(C(C)Nc3cc(-c4ccncc4C)ccn3)cc2cc1Cl. The van der Waals surface area contributed by atoms with Crippen molar-refractivity contribution in [3.8, 4) is 16.9 Å². The highest BCUT2D eigenvalue weighted by Gasteiger charge is 2.14. The van der Waals surface area contributed by atoms with Crippen molar-refractivity contribution in [2.75, 3.05) is 12.4 Å². The van der Waals surface area contributed by atoms with Gasteiger partial charge in [0.15, 0.2) is 0 Å². The molecule has 1 unspecified atom stereocenters. The molecular weight excluding hydrogens is 400 g/mol. The number of pyridine rings is 3. The van der Waals surface area contributed by atoms with E-state index in [4.69, 9.17) is 16.3 Å². The molecule has 7 heteroatoms. The van der Waals surface area contributed by atoms with Crippen LogP contribution in [0.25, 0.3) is 22.0 Å². The number of aryl methyl sites for hydroxylation is 1. The van der Waals surface area contributed by atoms with Crippen molar-refractivity contribution in [3.63, 3.8) is 0 Å². The second-order valence-electron chi connectivity index (χ2n) is 7.11. The Bertz CT molecular complexity index is 1290. The normalized spacial score (nSPS) is 12.0. The van der Waals surface area contributed by atoms with Gasteiger partial charge in [-0.15, -0.1) is 0 Å². The maximum absolute atomic E-state index is 12.7. The first kappa shape index (κ1) is 19.9. The van der Waals surface area contributed by atoms with Crippen LogP contribution in [0.5, 0.6) is 5.75 Å². The lowest BCUT2D eigenvalue weighted by Gasteiger charge is -2.16. The Kier molecular flexibility index (Phi) is 5.42. The Morgan fingerprint density at radius 2 is 2.00 bits per heavy atom. The molecule has 0 bridgehead atoms. The van der Waals surface area contributed by atoms with Gasteiger partial charge < -0.3 is 15.0 Å². The molecule has 0 saturated carbocycles. The standard InChI is InChI=1S/C23H21ClN4O2/c1-13-12-25-6-5-17(13)15-4-7-26-22(10-15)27-14(2)18-8-16-9-19(24)21(30-3)11-20(16)28-23(18)29/h4-12,14H,1-3H3,(H,26,27)(H,28,29). The van der Waals surface area contributed by atoms with Crippen LogP contribution in [-0.2, 0) is 0 Å². The van der Waals surface area contributed by atoms with Crippen molar-refractivity contribution in [1.29, 1.82) is 0 Å². The minimum absolute atomic E-state index is 0.173. The average molecular weight is 421 g/mol. The van der Waals surface area contributed by atoms with Crippen LogP contribution in [0, 0.1) is 6.92 Å². The molecular formula is C23H21ClN4O2. The zero-order chi connectivity index (χ0) is 21.3. The summed E-state index contributed by atoms with van der Waals surface area (Å²) in [5.74, 6) is 1.20. The smallest absolute Gasteiger partial charge is 0.253 e. The van der Waals surface area contributed by atoms with Gasteiger partial charge in [-0.25, -0.2) is 4.98 Å². The fraction of sp³-hybridized carbons (Fsp3) is 0.174. The maximum atomic E-state index is 12.7. The van der Waals surface area contributed by atoms with E-state index in [-0.39, 0.29) is 11.6 Å². The molecule has 0 amide bonds. The van der Waals surface area contributed by atoms with E-state index in [0.717, 1.165) is 22.1 Å². The molecule has 4 rings (SSSR count). The van der Waals surface area contributed by atoms with Crippen LogP contribution in [0.15, 0.2) is 59.8 Å². The van der Waals surface area contributed by atoms with Crippen LogP contribution in [0.2, 0.25) is 5.02 Å². The number of H-pyrrole nitrogens is 1. The molecule has 1 aromatic carbocycles. The van der Waals surface area contributed by atoms with E-state index >= 15 is 0 Å². The number of aromatic nitrogens is 3. The van der Waals surface area contributed by atoms with E-state index in [0.29, 0.717) is 27.7 Å². The van der Waals surface area contributed by atoms with E-state index in [1.807, 2.05) is 44.3 Å². The number of nitrogens with one attached hydrogen (secondary N) is 2. The molecule has 0 saturated heterocycles. The molecule has 3 heterocycles. The van der Waals surface area contributed by atoms with Crippen molar-refractivity contribution in [3.05, 3.63) is 81.5 Å². The van der Waals surface area contributed by atoms with Crippen molar-refractivity contribution in [1.82, 2.24) is 15.0 Å². The van der Waals surface area contributed by atoms with Crippen molar-refractivity contribution in [2.24, 2.45) is 0 Å². The molecule has 0 aliphatic carbocycles. The summed E-state index contributed by atoms with van der Waals surface area (Å²) in [4.78, 5) is 24.2. The van der Waals surface area contributed by atoms with Gasteiger partial charge in [0.1, 0.15) is 11.6 Å². The Labute approximate surface area is 178 Å². The predicted octanol–water partition coefficient (Wildman–Crippen LogP) is 5.13. The number of ether oxygens (including phenoxy) is 1. The van der Waals surface area contributed by atoms with E-state index in [2.05, 4.69) is 20.3 Å². The number of hydrogen-bond donors (Lipinski definition) is 2. The summed E-state index contributed by atoms with van der Waals surface area (Å²) in [6.45, 7) is 3.95. The number of aromatic amines is 1. The van der Waals surface area contributed by atoms with Crippen LogP contribution >= 0.6 is 11.6 Å². The summed E-state index contributed by atoms with van der Waals surface area (Å²) in [7, 11) is 1.54. The molecule has 152 valence electrons. The zero-order valence-electron chi connectivity index (χ0n) is 16.9. The lowest BCUT2D eigenvalue weighted by molar-refractivity contribution is 0.415. The summed E-state index contributed by atoms with van der Waals surface area (Å²) >= 11 is 6.25. The Morgan fingerprint density at radius 3 is 2.77 bits per heavy atom. The fourth-order valence-corrected chi connectivity index (χ4v) is 3.73. The van der Waals surface area contributed by atoms with Crippen LogP contribution in [0.1, 0.15) is 24.1 Å². The number of halogens is 1. The Morgan fingerprint density at radius 1 is 1.17 bits per heavy atom. The van der Waals surface area contributed by atoms with Gasteiger partial charge in [-0.3, -0.25) is 9.78 Å². The lowest BCUT2D eigenvalue weighted by atomic mass is 10.0. The minimum Gasteiger partial charge on any atom is -0.495 e. The maximum Gasteiger partial charge on any atom is 0.253 e. The van der Waals surface area contributed by atoms with E-state index < -0.39 is 0 Å². The lowest BCUT2D eigenvalue weighted by Crippen LogP contribution is -2.19. The van der Waals surface area contributed by atoms with Gasteiger partial charge in [0.05, 0.1) is 23.7 Å². The van der Waals surface area contributed by atoms with Gasteiger partial charge in [-0.2, -0.15) is 0 Å². The van der Waals surface area contributed by atoms with Gasteiger partial charge in [0.25, 0.3) is 5.56 Å². The molecule has 4 aromatic rings. The summed E-state index contributed by atoms with van der Waals surface area (Å²) in [6, 6.07) is 11.0. The minimum atomic E-state index is -0.264. The third kappa shape index (κ3) is 3.86. The van der Waals surface area contributed by atoms with Crippen molar-refractivity contribution < 1.29 is 4.74 Å². The molecule has 6 nitrogen and oxygen atoms in total. The largest absolute Gasteiger partial charge is 0.495 e. The fourth-order valence-electron chi connectivity index (χ4n) is 3.48. The van der Waals surface area contributed by atoms with Gasteiger partial charge in [0, 0.05) is 35.6 Å². The van der Waals surface area contributed by atoms with Gasteiger partial charge in [-0.1, -0.05) is 11.6 Å². The molecule has 0 radical (unpaired) electrons. The predicted molar refractivity (Wildman–Crippen MR) is 120 cm³/mol. The van der Waals surface area contributed by atoms with E-state index in [1.165, 1.54) is 0 Å². The molecule has 2 N–H and O–H groups in total. The summed E-state index contributed by atoms with van der Waals surface area (Å²) in [5.41, 5.74) is 4.30. The molecule has 0 aliphatic heterocycles. The number of hydrogen-bond acceptors (Lipinski definition) is 5. The molecule has 0 fully saturated rings. The second-order valence-corrected chi connectivity index (χ2v) is 7.52. The topological polar surface area (TPSA) is 79.9 Å². The highest BCUT2D eigenvalue weighted by atomic mass is 35.5. The number of fused-ring (bicyclic) bond motifs is 1. The summed E-state index contributed by atoms with van der Waals surface area (Å²) < 4.78 is 5.23. The summed E-state index contributed by atoms with van der Waals surface area (Å²) in [6.07, 6.45) is 5.36. The van der Waals surface area contributed by atoms with Gasteiger partial charge >= 0.3 is 0 Å². The second kappa shape index (κ2) is 8.16. The molecule has 1 atom stereocenters. The molecule has 30 heavy (non-hydrogen) atoms. The zero-order valence-corrected chi connectivity index (χ0v) is 17.6. The Balaban J connectivity index is 1.66. The number of nitrogens with zero attached hydrogens (tertiary/aromatic N) is 2. The number of methoxy groups -OCH3 is 1. The first-order valence-electron chi connectivity index (χ1n) is 9.50. The van der Waals surface area contributed by atoms with Gasteiger partial charge in [-0.05, 0) is 60.9 Å². The van der Waals surface area contributed by atoms with Crippen LogP contribution in [-0.4, -0.2) is 22.1 Å². The van der Waals surface area contributed by atoms with Crippen LogP contribution < -0.4 is 15.6 Å². The highest BCUT2D eigenvalue weighted by molar-refractivity contribution is 6.32. The Hall–Kier alpha value is -3.38. The monoisotopic (exact) mass is 420 g/mol. The first-order valence-corrected chi connectivity index (χ1v) is 9.88. The first-order chi connectivity index (χ1) is 14.5. The number of anilines is 1. The molecule has 0 aliphatic rings. The van der Waals surface area contributed by atoms with Crippen LogP contribution in [0.4, 0.5) is 5.82 Å². The number of benzene rings is 1. The van der Waals surface area contributed by atoms with E-state index in [1.54, 1.807) is 31.6 Å². The average Bonchev–Trinajstić information content (AvgIpc) is 2.73. The van der Waals surface area contributed by atoms with Crippen LogP contribution in [0.3, 0.4) is 0 Å². The highest BCUT2D eigenvalue weighted by Crippen LogP contribution is 2.30. The van der Waals surface area contributed by atoms with Crippen molar-refractivity contribution in [2.45, 2.75) is 19.9 Å². The molecule has 3 aromatic heterocycles. The molecule has 0 spiro atoms. The number of rotatable bonds is 5. The van der Waals surface area contributed by atoms with E-state index in [9.17, 15) is 4.79 Å². The third-order valence-corrected chi connectivity index (χ3v) is 5.36. The quantitative estimate of drug-likeness (QED) is 0.468.